The maximum atomic E-state index is 13.3. The lowest BCUT2D eigenvalue weighted by molar-refractivity contribution is -0.157. The molecule has 0 saturated carbocycles. The number of hydrogen-bond acceptors (Lipinski definition) is 8. The van der Waals surface area contributed by atoms with Gasteiger partial charge in [0.2, 0.25) is 0 Å². The van der Waals surface area contributed by atoms with E-state index in [1.165, 1.54) is 24.3 Å². The molecule has 4 N–H and O–H groups in total. The SMILES string of the molecule is CC(=N)CC(N)=Nc1nc(C(O)c2ccc(F)cc2)nc2cc(OCC(=O)OC(C)(C)C)ccc12. The van der Waals surface area contributed by atoms with E-state index in [4.69, 9.17) is 20.6 Å². The molecule has 0 aliphatic carbocycles. The zero-order valence-corrected chi connectivity index (χ0v) is 20.0. The molecule has 3 rings (SSSR count). The number of nitrogens with zero attached hydrogens (tertiary/aromatic N) is 3. The number of nitrogens with two attached hydrogens (primary N) is 1. The van der Waals surface area contributed by atoms with E-state index in [1.807, 2.05) is 0 Å². The van der Waals surface area contributed by atoms with Crippen molar-refractivity contribution in [2.45, 2.75) is 45.8 Å². The zero-order valence-electron chi connectivity index (χ0n) is 20.0. The van der Waals surface area contributed by atoms with Gasteiger partial charge in [0.25, 0.3) is 0 Å². The van der Waals surface area contributed by atoms with Gasteiger partial charge in [0.05, 0.1) is 5.52 Å². The lowest BCUT2D eigenvalue weighted by Crippen LogP contribution is -2.27. The highest BCUT2D eigenvalue weighted by atomic mass is 19.1. The van der Waals surface area contributed by atoms with Gasteiger partial charge in [-0.15, -0.1) is 0 Å². The first-order chi connectivity index (χ1) is 16.4. The fourth-order valence-electron chi connectivity index (χ4n) is 3.16. The molecule has 0 radical (unpaired) electrons. The second kappa shape index (κ2) is 10.6. The molecular formula is C25H28FN5O4. The van der Waals surface area contributed by atoms with Gasteiger partial charge >= 0.3 is 5.97 Å². The molecule has 0 aliphatic rings. The number of esters is 1. The largest absolute Gasteiger partial charge is 0.482 e. The Hall–Kier alpha value is -3.92. The van der Waals surface area contributed by atoms with Crippen molar-refractivity contribution in [2.24, 2.45) is 10.7 Å². The summed E-state index contributed by atoms with van der Waals surface area (Å²) >= 11 is 0. The number of benzene rings is 2. The summed E-state index contributed by atoms with van der Waals surface area (Å²) in [6.45, 7) is 6.60. The Bertz CT molecular complexity index is 1270. The number of fused-ring (bicyclic) bond motifs is 1. The first kappa shape index (κ1) is 25.7. The van der Waals surface area contributed by atoms with Crippen LogP contribution in [0.3, 0.4) is 0 Å². The topological polar surface area (TPSA) is 144 Å². The Morgan fingerprint density at radius 2 is 1.89 bits per heavy atom. The predicted molar refractivity (Wildman–Crippen MR) is 131 cm³/mol. The second-order valence-electron chi connectivity index (χ2n) is 8.97. The van der Waals surface area contributed by atoms with Crippen LogP contribution in [0.4, 0.5) is 10.2 Å². The monoisotopic (exact) mass is 481 g/mol. The molecule has 0 fully saturated rings. The van der Waals surface area contributed by atoms with Crippen LogP contribution in [0.1, 0.15) is 51.6 Å². The highest BCUT2D eigenvalue weighted by molar-refractivity contribution is 6.02. The van der Waals surface area contributed by atoms with Crippen molar-refractivity contribution in [3.8, 4) is 5.75 Å². The van der Waals surface area contributed by atoms with Crippen LogP contribution in [-0.2, 0) is 9.53 Å². The second-order valence-corrected chi connectivity index (χ2v) is 8.97. The fourth-order valence-corrected chi connectivity index (χ4v) is 3.16. The average Bonchev–Trinajstić information content (AvgIpc) is 2.75. The minimum atomic E-state index is -1.26. The molecule has 35 heavy (non-hydrogen) atoms. The number of amidine groups is 1. The summed E-state index contributed by atoms with van der Waals surface area (Å²) in [6.07, 6.45) is -1.11. The van der Waals surface area contributed by atoms with Gasteiger partial charge in [0, 0.05) is 23.6 Å². The number of carbonyl (C=O) groups is 1. The zero-order chi connectivity index (χ0) is 25.8. The molecule has 1 aromatic heterocycles. The van der Waals surface area contributed by atoms with E-state index < -0.39 is 23.5 Å². The molecule has 1 heterocycles. The quantitative estimate of drug-likeness (QED) is 0.251. The Labute approximate surface area is 202 Å². The lowest BCUT2D eigenvalue weighted by Gasteiger charge is -2.19. The number of aliphatic hydroxyl groups is 1. The molecule has 9 nitrogen and oxygen atoms in total. The number of aromatic nitrogens is 2. The molecule has 10 heteroatoms. The van der Waals surface area contributed by atoms with E-state index in [0.29, 0.717) is 27.9 Å². The summed E-state index contributed by atoms with van der Waals surface area (Å²) in [4.78, 5) is 25.2. The standard InChI is InChI=1S/C25H28FN5O4/c1-14(27)11-20(28)30-23-18-10-9-17(34-13-21(32)35-25(2,3)4)12-19(18)29-24(31-23)22(33)15-5-7-16(26)8-6-15/h5-10,12,22,27,33H,11,13H2,1-4H3,(H2,28,29,30,31). The third-order valence-electron chi connectivity index (χ3n) is 4.57. The van der Waals surface area contributed by atoms with Crippen molar-refractivity contribution < 1.29 is 23.8 Å². The number of aliphatic imine (C=N–C) groups is 1. The van der Waals surface area contributed by atoms with E-state index >= 15 is 0 Å². The molecule has 0 spiro atoms. The van der Waals surface area contributed by atoms with Crippen LogP contribution in [0.15, 0.2) is 47.5 Å². The summed E-state index contributed by atoms with van der Waals surface area (Å²) in [7, 11) is 0. The Morgan fingerprint density at radius 1 is 1.20 bits per heavy atom. The molecule has 2 aromatic carbocycles. The minimum Gasteiger partial charge on any atom is -0.482 e. The van der Waals surface area contributed by atoms with Crippen molar-refractivity contribution in [1.29, 1.82) is 5.41 Å². The maximum Gasteiger partial charge on any atom is 0.344 e. The average molecular weight is 482 g/mol. The number of hydrogen-bond donors (Lipinski definition) is 3. The van der Waals surface area contributed by atoms with Gasteiger partial charge < -0.3 is 25.7 Å². The van der Waals surface area contributed by atoms with Crippen LogP contribution < -0.4 is 10.5 Å². The van der Waals surface area contributed by atoms with Crippen LogP contribution in [0.25, 0.3) is 10.9 Å². The van der Waals surface area contributed by atoms with Crippen LogP contribution in [-0.4, -0.2) is 44.8 Å². The number of aliphatic hydroxyl groups excluding tert-OH is 1. The summed E-state index contributed by atoms with van der Waals surface area (Å²) in [5, 5.41) is 19.0. The highest BCUT2D eigenvalue weighted by Gasteiger charge is 2.19. The van der Waals surface area contributed by atoms with Crippen LogP contribution >= 0.6 is 0 Å². The molecule has 0 amide bonds. The van der Waals surface area contributed by atoms with Gasteiger partial charge in [-0.1, -0.05) is 12.1 Å². The van der Waals surface area contributed by atoms with Gasteiger partial charge in [-0.25, -0.2) is 24.1 Å². The molecular weight excluding hydrogens is 453 g/mol. The van der Waals surface area contributed by atoms with Gasteiger partial charge in [-0.05, 0) is 57.5 Å². The molecule has 0 aliphatic heterocycles. The van der Waals surface area contributed by atoms with E-state index in [1.54, 1.807) is 45.9 Å². The Morgan fingerprint density at radius 3 is 2.51 bits per heavy atom. The summed E-state index contributed by atoms with van der Waals surface area (Å²) < 4.78 is 24.1. The third kappa shape index (κ3) is 7.28. The minimum absolute atomic E-state index is 0.0199. The van der Waals surface area contributed by atoms with Crippen molar-refractivity contribution in [2.75, 3.05) is 6.61 Å². The summed E-state index contributed by atoms with van der Waals surface area (Å²) in [5.41, 5.74) is 6.45. The van der Waals surface area contributed by atoms with Crippen molar-refractivity contribution in [3.05, 3.63) is 59.7 Å². The molecule has 0 bridgehead atoms. The van der Waals surface area contributed by atoms with Gasteiger partial charge in [0.1, 0.15) is 29.1 Å². The number of ether oxygens (including phenoxy) is 2. The lowest BCUT2D eigenvalue weighted by atomic mass is 10.1. The van der Waals surface area contributed by atoms with Crippen LogP contribution in [0, 0.1) is 11.2 Å². The summed E-state index contributed by atoms with van der Waals surface area (Å²) in [6, 6.07) is 10.2. The van der Waals surface area contributed by atoms with Gasteiger partial charge in [0.15, 0.2) is 18.2 Å². The van der Waals surface area contributed by atoms with E-state index in [9.17, 15) is 14.3 Å². The smallest absolute Gasteiger partial charge is 0.344 e. The van der Waals surface area contributed by atoms with Gasteiger partial charge in [-0.2, -0.15) is 0 Å². The number of halogens is 1. The van der Waals surface area contributed by atoms with E-state index in [0.717, 1.165) is 0 Å². The first-order valence-corrected chi connectivity index (χ1v) is 10.9. The van der Waals surface area contributed by atoms with E-state index in [-0.39, 0.29) is 30.5 Å². The van der Waals surface area contributed by atoms with E-state index in [2.05, 4.69) is 15.0 Å². The molecule has 3 aromatic rings. The summed E-state index contributed by atoms with van der Waals surface area (Å²) in [5.74, 6) is -0.220. The van der Waals surface area contributed by atoms with Gasteiger partial charge in [-0.3, -0.25) is 0 Å². The number of carbonyl (C=O) groups excluding carboxylic acids is 1. The molecule has 1 atom stereocenters. The molecule has 184 valence electrons. The highest BCUT2D eigenvalue weighted by Crippen LogP contribution is 2.30. The Balaban J connectivity index is 2.00. The van der Waals surface area contributed by atoms with Crippen molar-refractivity contribution in [1.82, 2.24) is 9.97 Å². The maximum absolute atomic E-state index is 13.3. The Kier molecular flexibility index (Phi) is 7.75. The van der Waals surface area contributed by atoms with Crippen molar-refractivity contribution in [3.63, 3.8) is 0 Å². The van der Waals surface area contributed by atoms with Crippen LogP contribution in [0.5, 0.6) is 5.75 Å². The number of rotatable bonds is 8. The first-order valence-electron chi connectivity index (χ1n) is 10.9. The van der Waals surface area contributed by atoms with Crippen molar-refractivity contribution >= 4 is 34.2 Å². The molecule has 0 saturated heterocycles. The number of nitrogens with one attached hydrogen (secondary N) is 1. The predicted octanol–water partition coefficient (Wildman–Crippen LogP) is 3.99. The molecule has 1 unspecified atom stereocenters. The normalized spacial score (nSPS) is 12.9. The fraction of sp³-hybridized carbons (Fsp3) is 0.320. The third-order valence-corrected chi connectivity index (χ3v) is 4.57. The van der Waals surface area contributed by atoms with Crippen LogP contribution in [0.2, 0.25) is 0 Å².